The van der Waals surface area contributed by atoms with E-state index in [1.807, 2.05) is 6.92 Å². The van der Waals surface area contributed by atoms with Crippen LogP contribution in [0.4, 0.5) is 0 Å². The molecule has 0 saturated carbocycles. The van der Waals surface area contributed by atoms with E-state index in [4.69, 9.17) is 47.9 Å². The molecule has 4 aromatic rings. The first-order chi connectivity index (χ1) is 18.5. The number of aliphatic hydroxyl groups excluding tert-OH is 4. The number of aromatic nitrogens is 2. The maximum absolute atomic E-state index is 9.54. The third-order valence-corrected chi connectivity index (χ3v) is 6.16. The van der Waals surface area contributed by atoms with Gasteiger partial charge >= 0.3 is 0 Å². The molecule has 206 valence electrons. The third kappa shape index (κ3) is 7.79. The van der Waals surface area contributed by atoms with E-state index in [9.17, 15) is 15.3 Å². The molecule has 14 heteroatoms. The highest BCUT2D eigenvalue weighted by atomic mass is 32.1. The SMILES string of the molecule is CCOc1cccc2nc(C(CC(O)=S)C(O)=S)oc12.COc1ccc2oc(C(CC(O)=S)C(O)=S)nc2c1. The van der Waals surface area contributed by atoms with E-state index in [2.05, 4.69) is 34.4 Å². The van der Waals surface area contributed by atoms with Crippen LogP contribution in [-0.4, -0.2) is 64.3 Å². The number of aliphatic hydroxyl groups is 4. The van der Waals surface area contributed by atoms with E-state index >= 15 is 0 Å². The quantitative estimate of drug-likeness (QED) is 0.136. The van der Waals surface area contributed by atoms with Crippen LogP contribution in [-0.2, 0) is 0 Å². The second-order valence-corrected chi connectivity index (χ2v) is 9.73. The third-order valence-electron chi connectivity index (χ3n) is 5.26. The monoisotopic (exact) mass is 608 g/mol. The first kappa shape index (κ1) is 30.1. The molecule has 39 heavy (non-hydrogen) atoms. The average molecular weight is 609 g/mol. The molecule has 0 amide bonds. The summed E-state index contributed by atoms with van der Waals surface area (Å²) in [6, 6.07) is 10.5. The van der Waals surface area contributed by atoms with E-state index in [0.717, 1.165) is 0 Å². The van der Waals surface area contributed by atoms with Gasteiger partial charge in [0, 0.05) is 18.9 Å². The topological polar surface area (TPSA) is 151 Å². The van der Waals surface area contributed by atoms with Crippen molar-refractivity contribution in [3.63, 3.8) is 0 Å². The van der Waals surface area contributed by atoms with Crippen molar-refractivity contribution < 1.29 is 38.7 Å². The molecular formula is C25H24N2O8S4. The number of oxazole rings is 2. The summed E-state index contributed by atoms with van der Waals surface area (Å²) in [5.74, 6) is 0.157. The van der Waals surface area contributed by atoms with Crippen molar-refractivity contribution in [2.24, 2.45) is 0 Å². The fraction of sp³-hybridized carbons (Fsp3) is 0.280. The average Bonchev–Trinajstić information content (AvgIpc) is 3.50. The molecule has 2 heterocycles. The van der Waals surface area contributed by atoms with Gasteiger partial charge in [0.1, 0.15) is 28.6 Å². The van der Waals surface area contributed by atoms with Crippen molar-refractivity contribution in [3.8, 4) is 11.5 Å². The molecule has 0 aliphatic rings. The first-order valence-corrected chi connectivity index (χ1v) is 13.0. The van der Waals surface area contributed by atoms with Gasteiger partial charge in [-0.3, -0.25) is 0 Å². The van der Waals surface area contributed by atoms with Crippen LogP contribution in [0.1, 0.15) is 43.4 Å². The minimum Gasteiger partial charge on any atom is -0.502 e. The number of benzene rings is 2. The number of ether oxygens (including phenoxy) is 2. The molecule has 0 spiro atoms. The molecule has 10 nitrogen and oxygen atoms in total. The fourth-order valence-electron chi connectivity index (χ4n) is 3.47. The summed E-state index contributed by atoms with van der Waals surface area (Å²) in [6.45, 7) is 2.36. The Balaban J connectivity index is 0.000000216. The zero-order valence-corrected chi connectivity index (χ0v) is 24.0. The van der Waals surface area contributed by atoms with Crippen molar-refractivity contribution in [3.05, 3.63) is 48.2 Å². The Morgan fingerprint density at radius 2 is 1.44 bits per heavy atom. The van der Waals surface area contributed by atoms with Crippen molar-refractivity contribution in [1.29, 1.82) is 0 Å². The summed E-state index contributed by atoms with van der Waals surface area (Å²) in [7, 11) is 1.55. The molecule has 2 unspecified atom stereocenters. The fourth-order valence-corrected chi connectivity index (χ4v) is 4.17. The van der Waals surface area contributed by atoms with Crippen LogP contribution in [0.2, 0.25) is 0 Å². The maximum atomic E-state index is 9.54. The summed E-state index contributed by atoms with van der Waals surface area (Å²) in [5.41, 5.74) is 2.20. The summed E-state index contributed by atoms with van der Waals surface area (Å²) >= 11 is 18.7. The Labute approximate surface area is 244 Å². The molecule has 0 saturated heterocycles. The number of para-hydroxylation sites is 1. The van der Waals surface area contributed by atoms with Crippen molar-refractivity contribution in [2.75, 3.05) is 13.7 Å². The molecule has 2 atom stereocenters. The van der Waals surface area contributed by atoms with Crippen LogP contribution >= 0.6 is 48.9 Å². The molecule has 4 rings (SSSR count). The van der Waals surface area contributed by atoms with Crippen LogP contribution in [0.25, 0.3) is 22.2 Å². The van der Waals surface area contributed by atoms with Gasteiger partial charge in [0.2, 0.25) is 11.8 Å². The summed E-state index contributed by atoms with van der Waals surface area (Å²) in [6.07, 6.45) is -0.0178. The molecule has 0 aliphatic carbocycles. The Bertz CT molecular complexity index is 1520. The van der Waals surface area contributed by atoms with Crippen molar-refractivity contribution in [2.45, 2.75) is 31.6 Å². The van der Waals surface area contributed by atoms with Gasteiger partial charge in [-0.15, -0.1) is 0 Å². The van der Waals surface area contributed by atoms with Crippen molar-refractivity contribution in [1.82, 2.24) is 9.97 Å². The number of methoxy groups -OCH3 is 1. The number of nitrogens with zero attached hydrogens (tertiary/aromatic N) is 2. The zero-order chi connectivity index (χ0) is 28.7. The lowest BCUT2D eigenvalue weighted by atomic mass is 10.1. The molecule has 0 aliphatic heterocycles. The first-order valence-electron chi connectivity index (χ1n) is 11.4. The molecule has 2 aromatic carbocycles. The normalized spacial score (nSPS) is 12.3. The molecule has 0 fully saturated rings. The van der Waals surface area contributed by atoms with Crippen LogP contribution in [0.3, 0.4) is 0 Å². The Kier molecular flexibility index (Phi) is 10.5. The van der Waals surface area contributed by atoms with E-state index in [1.165, 1.54) is 0 Å². The molecular weight excluding hydrogens is 585 g/mol. The highest BCUT2D eigenvalue weighted by Crippen LogP contribution is 2.31. The Morgan fingerprint density at radius 1 is 0.846 bits per heavy atom. The smallest absolute Gasteiger partial charge is 0.207 e. The van der Waals surface area contributed by atoms with E-state index < -0.39 is 11.8 Å². The van der Waals surface area contributed by atoms with Crippen LogP contribution in [0, 0.1) is 0 Å². The van der Waals surface area contributed by atoms with Gasteiger partial charge in [0.25, 0.3) is 0 Å². The lowest BCUT2D eigenvalue weighted by Crippen LogP contribution is -2.13. The van der Waals surface area contributed by atoms with Gasteiger partial charge in [-0.2, -0.15) is 0 Å². The zero-order valence-electron chi connectivity index (χ0n) is 20.7. The van der Waals surface area contributed by atoms with Gasteiger partial charge < -0.3 is 38.7 Å². The minimum atomic E-state index is -0.746. The van der Waals surface area contributed by atoms with E-state index in [-0.39, 0.29) is 44.8 Å². The van der Waals surface area contributed by atoms with Gasteiger partial charge in [0.15, 0.2) is 37.1 Å². The summed E-state index contributed by atoms with van der Waals surface area (Å²) in [4.78, 5) is 8.50. The summed E-state index contributed by atoms with van der Waals surface area (Å²) < 4.78 is 21.7. The van der Waals surface area contributed by atoms with Crippen LogP contribution in [0.15, 0.2) is 45.2 Å². The van der Waals surface area contributed by atoms with Gasteiger partial charge in [-0.05, 0) is 80.1 Å². The molecule has 4 N–H and O–H groups in total. The lowest BCUT2D eigenvalue weighted by molar-refractivity contribution is 0.336. The number of hydrogen-bond donors (Lipinski definition) is 4. The number of fused-ring (bicyclic) bond motifs is 2. The predicted molar refractivity (Wildman–Crippen MR) is 161 cm³/mol. The molecule has 0 bridgehead atoms. The highest BCUT2D eigenvalue weighted by Gasteiger charge is 2.26. The van der Waals surface area contributed by atoms with E-state index in [1.54, 1.807) is 43.5 Å². The Morgan fingerprint density at radius 3 is 1.97 bits per heavy atom. The predicted octanol–water partition coefficient (Wildman–Crippen LogP) is 6.55. The Hall–Kier alpha value is -3.46. The van der Waals surface area contributed by atoms with Gasteiger partial charge in [-0.25, -0.2) is 9.97 Å². The van der Waals surface area contributed by atoms with Gasteiger partial charge in [0.05, 0.1) is 13.7 Å². The van der Waals surface area contributed by atoms with Gasteiger partial charge in [-0.1, -0.05) is 6.07 Å². The highest BCUT2D eigenvalue weighted by molar-refractivity contribution is 7.80. The molecule has 0 radical (unpaired) electrons. The second-order valence-electron chi connectivity index (χ2n) is 7.95. The maximum Gasteiger partial charge on any atom is 0.207 e. The largest absolute Gasteiger partial charge is 0.502 e. The number of rotatable bonds is 11. The van der Waals surface area contributed by atoms with E-state index in [0.29, 0.717) is 40.3 Å². The number of thiocarbonyl (C=S) groups is 4. The minimum absolute atomic E-state index is 0.00533. The molecule has 2 aromatic heterocycles. The van der Waals surface area contributed by atoms with Crippen molar-refractivity contribution >= 4 is 91.3 Å². The summed E-state index contributed by atoms with van der Waals surface area (Å²) in [5, 5.41) is 36.2. The lowest BCUT2D eigenvalue weighted by Gasteiger charge is -2.08. The second kappa shape index (κ2) is 13.6. The van der Waals surface area contributed by atoms with Crippen LogP contribution in [0.5, 0.6) is 11.5 Å². The standard InChI is InChI=1S/C13H13NO4S2.C12H11NO4S2/c1-2-17-9-5-3-4-8-11(9)18-12(14-8)7(13(16)20)6-10(15)19;1-16-6-2-3-9-8(4-6)13-11(17-9)7(12(15)19)5-10(14)18/h3-5,7H,2,6H2,1H3,(H,15,19)(H,16,20);2-4,7H,5H2,1H3,(H,14,18)(H,15,19). The number of hydrogen-bond acceptors (Lipinski definition) is 10. The van der Waals surface area contributed by atoms with Crippen LogP contribution < -0.4 is 9.47 Å².